The van der Waals surface area contributed by atoms with E-state index in [2.05, 4.69) is 10.3 Å². The summed E-state index contributed by atoms with van der Waals surface area (Å²) in [6.45, 7) is 1.20. The van der Waals surface area contributed by atoms with Gasteiger partial charge in [0.2, 0.25) is 6.41 Å². The highest BCUT2D eigenvalue weighted by atomic mass is 32.2. The van der Waals surface area contributed by atoms with Crippen molar-refractivity contribution in [3.63, 3.8) is 0 Å². The Bertz CT molecular complexity index is 522. The van der Waals surface area contributed by atoms with E-state index in [1.54, 1.807) is 6.20 Å². The van der Waals surface area contributed by atoms with E-state index < -0.39 is 10.1 Å². The van der Waals surface area contributed by atoms with Crippen molar-refractivity contribution < 1.29 is 17.4 Å². The Morgan fingerprint density at radius 2 is 2.20 bits per heavy atom. The van der Waals surface area contributed by atoms with Gasteiger partial charge < -0.3 is 10.2 Å². The largest absolute Gasteiger partial charge is 0.356 e. The molecule has 20 heavy (non-hydrogen) atoms. The van der Waals surface area contributed by atoms with Crippen LogP contribution in [0.4, 0.5) is 5.13 Å². The van der Waals surface area contributed by atoms with Gasteiger partial charge in [0.05, 0.1) is 6.26 Å². The lowest BCUT2D eigenvalue weighted by atomic mass is 10.2. The van der Waals surface area contributed by atoms with Crippen LogP contribution in [0.25, 0.3) is 0 Å². The number of thiazole rings is 1. The predicted octanol–water partition coefficient (Wildman–Crippen LogP) is 0.203. The number of rotatable bonds is 5. The van der Waals surface area contributed by atoms with E-state index in [4.69, 9.17) is 4.18 Å². The molecule has 0 radical (unpaired) electrons. The smallest absolute Gasteiger partial charge is 0.264 e. The van der Waals surface area contributed by atoms with Gasteiger partial charge in [-0.05, 0) is 12.8 Å². The first-order chi connectivity index (χ1) is 9.48. The molecular formula is C11H17N3O4S2. The molecule has 1 aromatic heterocycles. The fourth-order valence-corrected chi connectivity index (χ4v) is 2.90. The molecule has 0 unspecified atom stereocenters. The maximum absolute atomic E-state index is 10.8. The maximum Gasteiger partial charge on any atom is 0.264 e. The number of anilines is 1. The number of aromatic nitrogens is 1. The zero-order chi connectivity index (χ0) is 14.6. The molecule has 3 rings (SSSR count). The van der Waals surface area contributed by atoms with Gasteiger partial charge in [0.15, 0.2) is 5.13 Å². The lowest BCUT2D eigenvalue weighted by molar-refractivity contribution is -0.109. The second kappa shape index (κ2) is 6.51. The van der Waals surface area contributed by atoms with Gasteiger partial charge in [-0.2, -0.15) is 8.42 Å². The molecule has 1 aliphatic heterocycles. The molecule has 2 fully saturated rings. The van der Waals surface area contributed by atoms with Crippen LogP contribution in [-0.4, -0.2) is 51.3 Å². The molecule has 1 aliphatic carbocycles. The fraction of sp³-hybridized carbons (Fsp3) is 0.636. The average Bonchev–Trinajstić information content (AvgIpc) is 2.97. The van der Waals surface area contributed by atoms with Gasteiger partial charge in [-0.15, -0.1) is 11.3 Å². The Morgan fingerprint density at radius 3 is 2.60 bits per heavy atom. The summed E-state index contributed by atoms with van der Waals surface area (Å²) >= 11 is 1.54. The minimum atomic E-state index is -3.32. The third kappa shape index (κ3) is 5.06. The summed E-state index contributed by atoms with van der Waals surface area (Å²) in [5, 5.41) is 5.44. The Balaban J connectivity index is 0.000000205. The van der Waals surface area contributed by atoms with E-state index in [1.807, 2.05) is 10.3 Å². The highest BCUT2D eigenvalue weighted by Crippen LogP contribution is 2.24. The zero-order valence-electron chi connectivity index (χ0n) is 11.1. The van der Waals surface area contributed by atoms with E-state index in [0.29, 0.717) is 19.1 Å². The first-order valence-electron chi connectivity index (χ1n) is 6.20. The summed E-state index contributed by atoms with van der Waals surface area (Å²) in [6, 6.07) is 0.530. The molecule has 2 heterocycles. The van der Waals surface area contributed by atoms with Crippen LogP contribution < -0.4 is 10.2 Å². The Kier molecular flexibility index (Phi) is 4.95. The molecule has 0 bridgehead atoms. The Morgan fingerprint density at radius 1 is 1.50 bits per heavy atom. The lowest BCUT2D eigenvalue weighted by Gasteiger charge is -2.37. The van der Waals surface area contributed by atoms with Crippen molar-refractivity contribution in [3.8, 4) is 0 Å². The summed E-state index contributed by atoms with van der Waals surface area (Å²) in [6.07, 6.45) is 5.70. The zero-order valence-corrected chi connectivity index (χ0v) is 12.7. The second-order valence-electron chi connectivity index (χ2n) is 4.70. The standard InChI is InChI=1S/C7H10N2O3S2.C4H7NO/c1-14(10,11)12-6-4-9(5-6)7-8-2-3-13-7;6-3-5-4-1-2-4/h2-3,6H,4-5H2,1H3;3-4H,1-2H2,(H,5,6). The second-order valence-corrected chi connectivity index (χ2v) is 7.17. The van der Waals surface area contributed by atoms with Crippen molar-refractivity contribution in [2.75, 3.05) is 24.2 Å². The van der Waals surface area contributed by atoms with Gasteiger partial charge in [-0.1, -0.05) is 0 Å². The highest BCUT2D eigenvalue weighted by Gasteiger charge is 2.31. The molecule has 1 amide bonds. The summed E-state index contributed by atoms with van der Waals surface area (Å²) < 4.78 is 26.4. The fourth-order valence-electron chi connectivity index (χ4n) is 1.62. The summed E-state index contributed by atoms with van der Waals surface area (Å²) in [7, 11) is -3.32. The molecule has 1 N–H and O–H groups in total. The molecule has 1 saturated carbocycles. The van der Waals surface area contributed by atoms with Crippen LogP contribution in [-0.2, 0) is 19.1 Å². The lowest BCUT2D eigenvalue weighted by Crippen LogP contribution is -2.52. The molecule has 2 aliphatic rings. The summed E-state index contributed by atoms with van der Waals surface area (Å²) in [5.41, 5.74) is 0. The van der Waals surface area contributed by atoms with Crippen LogP contribution >= 0.6 is 11.3 Å². The number of carbonyl (C=O) groups is 1. The molecule has 0 atom stereocenters. The third-order valence-electron chi connectivity index (χ3n) is 2.73. The van der Waals surface area contributed by atoms with Crippen LogP contribution in [0.1, 0.15) is 12.8 Å². The Hall–Kier alpha value is -1.19. The summed E-state index contributed by atoms with van der Waals surface area (Å²) in [4.78, 5) is 15.6. The van der Waals surface area contributed by atoms with Crippen molar-refractivity contribution >= 4 is 33.0 Å². The summed E-state index contributed by atoms with van der Waals surface area (Å²) in [5.74, 6) is 0. The minimum absolute atomic E-state index is 0.214. The number of hydrogen-bond acceptors (Lipinski definition) is 7. The van der Waals surface area contributed by atoms with Gasteiger partial charge in [-0.3, -0.25) is 8.98 Å². The van der Waals surface area contributed by atoms with E-state index in [1.165, 1.54) is 24.2 Å². The number of nitrogens with one attached hydrogen (secondary N) is 1. The van der Waals surface area contributed by atoms with Crippen molar-refractivity contribution in [1.29, 1.82) is 0 Å². The van der Waals surface area contributed by atoms with Gasteiger partial charge in [0.25, 0.3) is 10.1 Å². The molecule has 0 aromatic carbocycles. The number of hydrogen-bond donors (Lipinski definition) is 1. The first kappa shape index (κ1) is 15.2. The van der Waals surface area contributed by atoms with Crippen LogP contribution in [0.3, 0.4) is 0 Å². The van der Waals surface area contributed by atoms with Crippen LogP contribution in [0.15, 0.2) is 11.6 Å². The predicted molar refractivity (Wildman–Crippen MR) is 76.3 cm³/mol. The number of nitrogens with zero attached hydrogens (tertiary/aromatic N) is 2. The monoisotopic (exact) mass is 319 g/mol. The molecule has 112 valence electrons. The van der Waals surface area contributed by atoms with Crippen molar-refractivity contribution in [3.05, 3.63) is 11.6 Å². The van der Waals surface area contributed by atoms with Gasteiger partial charge in [-0.25, -0.2) is 4.98 Å². The van der Waals surface area contributed by atoms with Crippen molar-refractivity contribution in [2.45, 2.75) is 25.0 Å². The average molecular weight is 319 g/mol. The van der Waals surface area contributed by atoms with Crippen LogP contribution in [0, 0.1) is 0 Å². The van der Waals surface area contributed by atoms with Crippen molar-refractivity contribution in [1.82, 2.24) is 10.3 Å². The van der Waals surface area contributed by atoms with Gasteiger partial charge in [0, 0.05) is 30.7 Å². The highest BCUT2D eigenvalue weighted by molar-refractivity contribution is 7.86. The van der Waals surface area contributed by atoms with Crippen LogP contribution in [0.2, 0.25) is 0 Å². The Labute approximate surface area is 122 Å². The molecule has 9 heteroatoms. The molecule has 1 saturated heterocycles. The quantitative estimate of drug-likeness (QED) is 0.616. The third-order valence-corrected chi connectivity index (χ3v) is 4.18. The number of carbonyl (C=O) groups excluding carboxylic acids is 1. The topological polar surface area (TPSA) is 88.6 Å². The van der Waals surface area contributed by atoms with Crippen molar-refractivity contribution in [2.24, 2.45) is 0 Å². The molecule has 7 nitrogen and oxygen atoms in total. The van der Waals surface area contributed by atoms with Crippen LogP contribution in [0.5, 0.6) is 0 Å². The minimum Gasteiger partial charge on any atom is -0.356 e. The maximum atomic E-state index is 10.8. The van der Waals surface area contributed by atoms with E-state index in [9.17, 15) is 13.2 Å². The first-order valence-corrected chi connectivity index (χ1v) is 8.90. The molecule has 1 aromatic rings. The molecule has 0 spiro atoms. The molecular weight excluding hydrogens is 302 g/mol. The van der Waals surface area contributed by atoms with Gasteiger partial charge >= 0.3 is 0 Å². The van der Waals surface area contributed by atoms with E-state index in [-0.39, 0.29) is 6.10 Å². The van der Waals surface area contributed by atoms with E-state index >= 15 is 0 Å². The normalized spacial score (nSPS) is 18.8. The van der Waals surface area contributed by atoms with Gasteiger partial charge in [0.1, 0.15) is 6.10 Å². The SMILES string of the molecule is CS(=O)(=O)OC1CN(c2nccs2)C1.O=CNC1CC1. The number of amides is 1. The van der Waals surface area contributed by atoms with E-state index in [0.717, 1.165) is 17.8 Å².